The summed E-state index contributed by atoms with van der Waals surface area (Å²) in [6.45, 7) is 12.2. The van der Waals surface area contributed by atoms with E-state index in [1.807, 2.05) is 4.90 Å². The summed E-state index contributed by atoms with van der Waals surface area (Å²) in [7, 11) is -0.845. The number of hydrogen-bond acceptors (Lipinski definition) is 8. The summed E-state index contributed by atoms with van der Waals surface area (Å²) in [6, 6.07) is -0.934. The second kappa shape index (κ2) is 9.96. The molecule has 12 heteroatoms. The van der Waals surface area contributed by atoms with Gasteiger partial charge in [-0.25, -0.2) is 14.6 Å². The van der Waals surface area contributed by atoms with Gasteiger partial charge in [0, 0.05) is 31.6 Å². The van der Waals surface area contributed by atoms with Crippen molar-refractivity contribution in [2.45, 2.75) is 44.9 Å². The lowest BCUT2D eigenvalue weighted by Crippen LogP contribution is -2.49. The summed E-state index contributed by atoms with van der Waals surface area (Å²) in [5, 5.41) is 14.0. The van der Waals surface area contributed by atoms with Gasteiger partial charge >= 0.3 is 12.1 Å². The number of carbonyl (C=O) groups is 3. The van der Waals surface area contributed by atoms with Crippen LogP contribution in [0.2, 0.25) is 18.1 Å². The molecule has 1 aliphatic heterocycles. The highest BCUT2D eigenvalue weighted by molar-refractivity contribution is 7.13. The first-order valence-electron chi connectivity index (χ1n) is 10.1. The molecule has 174 valence electrons. The standard InChI is InChI=1S/C19H32N4O6SSi/c1-19(2,3)31(5,6)29-11-13(16(25)28-4)20-15(24)14-12-30-17(21-14)22-7-9-23(10-8-22)18(26)27/h12-13H,7-11H2,1-6H3,(H,20,24)(H,26,27). The van der Waals surface area contributed by atoms with Gasteiger partial charge < -0.3 is 29.4 Å². The Hall–Kier alpha value is -2.18. The van der Waals surface area contributed by atoms with Gasteiger partial charge in [-0.1, -0.05) is 20.8 Å². The number of aromatic nitrogens is 1. The van der Waals surface area contributed by atoms with Gasteiger partial charge in [-0.05, 0) is 18.1 Å². The van der Waals surface area contributed by atoms with Crippen molar-refractivity contribution in [3.05, 3.63) is 11.1 Å². The molecule has 2 N–H and O–H groups in total. The predicted octanol–water partition coefficient (Wildman–Crippen LogP) is 2.24. The quantitative estimate of drug-likeness (QED) is 0.458. The minimum absolute atomic E-state index is 0.0308. The number of nitrogens with zero attached hydrogens (tertiary/aromatic N) is 3. The average Bonchev–Trinajstić information content (AvgIpc) is 3.20. The van der Waals surface area contributed by atoms with Crippen LogP contribution in [0.15, 0.2) is 5.38 Å². The lowest BCUT2D eigenvalue weighted by Gasteiger charge is -2.37. The van der Waals surface area contributed by atoms with Crippen molar-refractivity contribution in [2.24, 2.45) is 0 Å². The van der Waals surface area contributed by atoms with E-state index in [1.54, 1.807) is 5.38 Å². The van der Waals surface area contributed by atoms with Crippen LogP contribution in [0.3, 0.4) is 0 Å². The van der Waals surface area contributed by atoms with Crippen molar-refractivity contribution in [1.82, 2.24) is 15.2 Å². The van der Waals surface area contributed by atoms with Crippen LogP contribution >= 0.6 is 11.3 Å². The summed E-state index contributed by atoms with van der Waals surface area (Å²) in [5.41, 5.74) is 0.196. The number of amides is 2. The van der Waals surface area contributed by atoms with E-state index >= 15 is 0 Å². The minimum Gasteiger partial charge on any atom is -0.467 e. The fourth-order valence-electron chi connectivity index (χ4n) is 2.65. The van der Waals surface area contributed by atoms with Crippen LogP contribution in [0, 0.1) is 0 Å². The second-order valence-electron chi connectivity index (χ2n) is 8.89. The largest absolute Gasteiger partial charge is 0.467 e. The van der Waals surface area contributed by atoms with Crippen LogP contribution in [0.1, 0.15) is 31.3 Å². The monoisotopic (exact) mass is 472 g/mol. The molecule has 1 aromatic rings. The van der Waals surface area contributed by atoms with Crippen molar-refractivity contribution in [3.63, 3.8) is 0 Å². The third-order valence-electron chi connectivity index (χ3n) is 5.75. The molecule has 1 saturated heterocycles. The number of ether oxygens (including phenoxy) is 1. The first kappa shape index (κ1) is 25.1. The van der Waals surface area contributed by atoms with Crippen LogP contribution in [-0.2, 0) is 14.0 Å². The zero-order valence-electron chi connectivity index (χ0n) is 18.9. The van der Waals surface area contributed by atoms with Crippen LogP contribution in [0.5, 0.6) is 0 Å². The molecule has 2 amide bonds. The van der Waals surface area contributed by atoms with E-state index in [1.165, 1.54) is 23.3 Å². The molecule has 1 aromatic heterocycles. The lowest BCUT2D eigenvalue weighted by atomic mass is 10.2. The highest BCUT2D eigenvalue weighted by Gasteiger charge is 2.38. The number of hydrogen-bond donors (Lipinski definition) is 2. The fourth-order valence-corrected chi connectivity index (χ4v) is 4.53. The number of nitrogens with one attached hydrogen (secondary N) is 1. The van der Waals surface area contributed by atoms with E-state index in [0.29, 0.717) is 31.3 Å². The zero-order chi connectivity index (χ0) is 23.4. The van der Waals surface area contributed by atoms with Crippen LogP contribution < -0.4 is 10.2 Å². The molecule has 0 radical (unpaired) electrons. The van der Waals surface area contributed by atoms with Crippen LogP contribution in [0.4, 0.5) is 9.93 Å². The molecule has 1 unspecified atom stereocenters. The van der Waals surface area contributed by atoms with E-state index in [9.17, 15) is 14.4 Å². The van der Waals surface area contributed by atoms with Gasteiger partial charge in [-0.3, -0.25) is 4.79 Å². The maximum Gasteiger partial charge on any atom is 0.407 e. The van der Waals surface area contributed by atoms with Gasteiger partial charge in [0.25, 0.3) is 5.91 Å². The van der Waals surface area contributed by atoms with E-state index in [-0.39, 0.29) is 17.3 Å². The molecular formula is C19H32N4O6SSi. The summed E-state index contributed by atoms with van der Waals surface area (Å²) in [4.78, 5) is 43.6. The molecule has 2 heterocycles. The Balaban J connectivity index is 2.01. The highest BCUT2D eigenvalue weighted by atomic mass is 32.1. The van der Waals surface area contributed by atoms with Crippen molar-refractivity contribution in [3.8, 4) is 0 Å². The number of thiazole rings is 1. The van der Waals surface area contributed by atoms with Crippen molar-refractivity contribution < 1.29 is 28.7 Å². The number of rotatable bonds is 7. The predicted molar refractivity (Wildman–Crippen MR) is 120 cm³/mol. The Labute approximate surface area is 187 Å². The Kier molecular flexibility index (Phi) is 8.06. The number of carboxylic acid groups (broad SMARTS) is 1. The number of methoxy groups -OCH3 is 1. The topological polar surface area (TPSA) is 121 Å². The Morgan fingerprint density at radius 1 is 1.26 bits per heavy atom. The second-order valence-corrected chi connectivity index (χ2v) is 14.5. The minimum atomic E-state index is -2.11. The lowest BCUT2D eigenvalue weighted by molar-refractivity contribution is -0.143. The van der Waals surface area contributed by atoms with Gasteiger partial charge in [0.2, 0.25) is 0 Å². The smallest absolute Gasteiger partial charge is 0.407 e. The number of carbonyl (C=O) groups excluding carboxylic acids is 2. The summed E-state index contributed by atoms with van der Waals surface area (Å²) in [6.07, 6.45) is -0.937. The number of piperazine rings is 1. The molecule has 0 aromatic carbocycles. The van der Waals surface area contributed by atoms with Gasteiger partial charge in [0.1, 0.15) is 11.7 Å². The number of esters is 1. The van der Waals surface area contributed by atoms with Gasteiger partial charge in [-0.2, -0.15) is 0 Å². The fraction of sp³-hybridized carbons (Fsp3) is 0.684. The third-order valence-corrected chi connectivity index (χ3v) is 11.2. The summed E-state index contributed by atoms with van der Waals surface area (Å²) >= 11 is 1.30. The van der Waals surface area contributed by atoms with Gasteiger partial charge in [0.05, 0.1) is 13.7 Å². The van der Waals surface area contributed by atoms with Crippen LogP contribution in [0.25, 0.3) is 0 Å². The first-order chi connectivity index (χ1) is 14.4. The van der Waals surface area contributed by atoms with Crippen molar-refractivity contribution in [2.75, 3.05) is 44.8 Å². The van der Waals surface area contributed by atoms with Crippen LogP contribution in [-0.4, -0.2) is 87.2 Å². The van der Waals surface area contributed by atoms with Gasteiger partial charge in [0.15, 0.2) is 13.4 Å². The normalized spacial score (nSPS) is 16.1. The summed E-state index contributed by atoms with van der Waals surface area (Å²) < 4.78 is 10.9. The Bertz CT molecular complexity index is 802. The SMILES string of the molecule is COC(=O)C(CO[Si](C)(C)C(C)(C)C)NC(=O)c1csc(N2CCN(C(=O)O)CC2)n1. The number of anilines is 1. The van der Waals surface area contributed by atoms with E-state index in [2.05, 4.69) is 44.2 Å². The van der Waals surface area contributed by atoms with Crippen molar-refractivity contribution in [1.29, 1.82) is 0 Å². The summed E-state index contributed by atoms with van der Waals surface area (Å²) in [5.74, 6) is -1.06. The molecule has 31 heavy (non-hydrogen) atoms. The van der Waals surface area contributed by atoms with E-state index in [0.717, 1.165) is 0 Å². The maximum absolute atomic E-state index is 12.7. The molecular weight excluding hydrogens is 440 g/mol. The third kappa shape index (κ3) is 6.40. The first-order valence-corrected chi connectivity index (χ1v) is 13.9. The molecule has 1 atom stereocenters. The molecule has 0 bridgehead atoms. The Morgan fingerprint density at radius 3 is 2.39 bits per heavy atom. The zero-order valence-corrected chi connectivity index (χ0v) is 20.7. The molecule has 0 spiro atoms. The van der Waals surface area contributed by atoms with Crippen molar-refractivity contribution >= 4 is 42.8 Å². The molecule has 0 aliphatic carbocycles. The van der Waals surface area contributed by atoms with E-state index in [4.69, 9.17) is 14.3 Å². The Morgan fingerprint density at radius 2 is 1.87 bits per heavy atom. The van der Waals surface area contributed by atoms with Gasteiger partial charge in [-0.15, -0.1) is 11.3 Å². The van der Waals surface area contributed by atoms with E-state index < -0.39 is 32.3 Å². The highest BCUT2D eigenvalue weighted by Crippen LogP contribution is 2.36. The molecule has 1 aliphatic rings. The molecule has 10 nitrogen and oxygen atoms in total. The molecule has 0 saturated carbocycles. The molecule has 1 fully saturated rings. The average molecular weight is 473 g/mol. The maximum atomic E-state index is 12.7. The molecule has 2 rings (SSSR count).